The SMILES string of the molecule is COc1ccc(C(=O)CCCCCCCC(=O)c2ccc(OC)cc2)cc1. The van der Waals surface area contributed by atoms with Crippen LogP contribution < -0.4 is 9.47 Å². The third-order valence-corrected chi connectivity index (χ3v) is 4.63. The lowest BCUT2D eigenvalue weighted by Gasteiger charge is -2.04. The van der Waals surface area contributed by atoms with Crippen LogP contribution in [0.3, 0.4) is 0 Å². The molecular weight excluding hydrogens is 340 g/mol. The van der Waals surface area contributed by atoms with Crippen molar-refractivity contribution in [2.45, 2.75) is 44.9 Å². The van der Waals surface area contributed by atoms with Crippen molar-refractivity contribution in [1.82, 2.24) is 0 Å². The first kappa shape index (κ1) is 20.7. The van der Waals surface area contributed by atoms with Crippen LogP contribution in [0.1, 0.15) is 65.7 Å². The minimum atomic E-state index is 0.173. The quantitative estimate of drug-likeness (QED) is 0.367. The van der Waals surface area contributed by atoms with Crippen molar-refractivity contribution in [1.29, 1.82) is 0 Å². The molecule has 0 bridgehead atoms. The van der Waals surface area contributed by atoms with Crippen molar-refractivity contribution in [3.05, 3.63) is 59.7 Å². The van der Waals surface area contributed by atoms with Crippen LogP contribution in [0.25, 0.3) is 0 Å². The summed E-state index contributed by atoms with van der Waals surface area (Å²) in [6, 6.07) is 14.5. The van der Waals surface area contributed by atoms with E-state index in [2.05, 4.69) is 0 Å². The molecule has 0 saturated heterocycles. The molecule has 0 radical (unpaired) electrons. The minimum Gasteiger partial charge on any atom is -0.497 e. The molecule has 4 nitrogen and oxygen atoms in total. The summed E-state index contributed by atoms with van der Waals surface area (Å²) in [6.07, 6.45) is 5.98. The Morgan fingerprint density at radius 2 is 0.926 bits per heavy atom. The third kappa shape index (κ3) is 6.89. The summed E-state index contributed by atoms with van der Waals surface area (Å²) < 4.78 is 10.2. The summed E-state index contributed by atoms with van der Waals surface area (Å²) in [5, 5.41) is 0. The lowest BCUT2D eigenvalue weighted by Crippen LogP contribution is -2.00. The molecule has 0 aliphatic rings. The van der Waals surface area contributed by atoms with E-state index >= 15 is 0 Å². The first-order valence-electron chi connectivity index (χ1n) is 9.48. The molecule has 2 rings (SSSR count). The van der Waals surface area contributed by atoms with Gasteiger partial charge in [-0.3, -0.25) is 9.59 Å². The molecule has 4 heteroatoms. The highest BCUT2D eigenvalue weighted by atomic mass is 16.5. The number of Topliss-reactive ketones (excluding diaryl/α,β-unsaturated/α-hetero) is 2. The maximum atomic E-state index is 12.1. The number of unbranched alkanes of at least 4 members (excludes halogenated alkanes) is 4. The van der Waals surface area contributed by atoms with Crippen LogP contribution >= 0.6 is 0 Å². The van der Waals surface area contributed by atoms with Gasteiger partial charge < -0.3 is 9.47 Å². The number of ether oxygens (including phenoxy) is 2. The molecule has 0 unspecified atom stereocenters. The average molecular weight is 368 g/mol. The van der Waals surface area contributed by atoms with Crippen molar-refractivity contribution < 1.29 is 19.1 Å². The number of rotatable bonds is 12. The first-order chi connectivity index (χ1) is 13.1. The van der Waals surface area contributed by atoms with Gasteiger partial charge in [0.25, 0.3) is 0 Å². The number of hydrogen-bond acceptors (Lipinski definition) is 4. The Bertz CT molecular complexity index is 654. The van der Waals surface area contributed by atoms with E-state index in [-0.39, 0.29) is 11.6 Å². The minimum absolute atomic E-state index is 0.173. The van der Waals surface area contributed by atoms with E-state index in [0.717, 1.165) is 54.7 Å². The average Bonchev–Trinajstić information content (AvgIpc) is 2.72. The van der Waals surface area contributed by atoms with Crippen LogP contribution in [-0.2, 0) is 0 Å². The van der Waals surface area contributed by atoms with Gasteiger partial charge in [0.05, 0.1) is 14.2 Å². The van der Waals surface area contributed by atoms with Crippen molar-refractivity contribution in [2.75, 3.05) is 14.2 Å². The maximum absolute atomic E-state index is 12.1. The number of benzene rings is 2. The molecule has 0 amide bonds. The van der Waals surface area contributed by atoms with Crippen molar-refractivity contribution in [3.63, 3.8) is 0 Å². The van der Waals surface area contributed by atoms with Crippen LogP contribution in [0.5, 0.6) is 11.5 Å². The van der Waals surface area contributed by atoms with Gasteiger partial charge in [-0.05, 0) is 61.4 Å². The van der Waals surface area contributed by atoms with Crippen LogP contribution in [0.2, 0.25) is 0 Å². The second kappa shape index (κ2) is 11.2. The van der Waals surface area contributed by atoms with Gasteiger partial charge in [-0.25, -0.2) is 0 Å². The fourth-order valence-corrected chi connectivity index (χ4v) is 2.94. The standard InChI is InChI=1S/C23H28O4/c1-26-20-14-10-18(11-15-20)22(24)8-6-4-3-5-7-9-23(25)19-12-16-21(27-2)17-13-19/h10-17H,3-9H2,1-2H3. The number of ketones is 2. The first-order valence-corrected chi connectivity index (χ1v) is 9.48. The number of hydrogen-bond donors (Lipinski definition) is 0. The summed E-state index contributed by atoms with van der Waals surface area (Å²) in [7, 11) is 3.22. The highest BCUT2D eigenvalue weighted by molar-refractivity contribution is 5.96. The molecule has 0 aromatic heterocycles. The van der Waals surface area contributed by atoms with Gasteiger partial charge in [-0.15, -0.1) is 0 Å². The Labute approximate surface area is 161 Å². The van der Waals surface area contributed by atoms with Gasteiger partial charge >= 0.3 is 0 Å². The molecule has 0 spiro atoms. The van der Waals surface area contributed by atoms with Gasteiger partial charge in [0.15, 0.2) is 11.6 Å². The molecule has 0 fully saturated rings. The molecule has 0 saturated carbocycles. The largest absolute Gasteiger partial charge is 0.497 e. The predicted octanol–water partition coefficient (Wildman–Crippen LogP) is 5.50. The lowest BCUT2D eigenvalue weighted by atomic mass is 10.0. The van der Waals surface area contributed by atoms with E-state index in [1.54, 1.807) is 14.2 Å². The van der Waals surface area contributed by atoms with Crippen LogP contribution in [0.15, 0.2) is 48.5 Å². The van der Waals surface area contributed by atoms with Gasteiger partial charge in [-0.1, -0.05) is 19.3 Å². The Morgan fingerprint density at radius 3 is 1.26 bits per heavy atom. The van der Waals surface area contributed by atoms with Crippen LogP contribution in [0, 0.1) is 0 Å². The normalized spacial score (nSPS) is 10.4. The summed E-state index contributed by atoms with van der Waals surface area (Å²) >= 11 is 0. The second-order valence-electron chi connectivity index (χ2n) is 6.57. The zero-order chi connectivity index (χ0) is 19.5. The van der Waals surface area contributed by atoms with Crippen LogP contribution in [-0.4, -0.2) is 25.8 Å². The molecule has 2 aromatic carbocycles. The fraction of sp³-hybridized carbons (Fsp3) is 0.391. The zero-order valence-corrected chi connectivity index (χ0v) is 16.2. The highest BCUT2D eigenvalue weighted by Crippen LogP contribution is 2.16. The van der Waals surface area contributed by atoms with Crippen molar-refractivity contribution in [2.24, 2.45) is 0 Å². The highest BCUT2D eigenvalue weighted by Gasteiger charge is 2.07. The molecule has 0 aliphatic carbocycles. The van der Waals surface area contributed by atoms with Crippen LogP contribution in [0.4, 0.5) is 0 Å². The summed E-state index contributed by atoms with van der Waals surface area (Å²) in [5.41, 5.74) is 1.47. The van der Waals surface area contributed by atoms with E-state index in [0.29, 0.717) is 12.8 Å². The Kier molecular flexibility index (Phi) is 8.56. The van der Waals surface area contributed by atoms with E-state index < -0.39 is 0 Å². The van der Waals surface area contributed by atoms with Crippen molar-refractivity contribution in [3.8, 4) is 11.5 Å². The van der Waals surface area contributed by atoms with Gasteiger partial charge in [0.1, 0.15) is 11.5 Å². The molecule has 2 aromatic rings. The fourth-order valence-electron chi connectivity index (χ4n) is 2.94. The number of carbonyl (C=O) groups excluding carboxylic acids is 2. The van der Waals surface area contributed by atoms with Gasteiger partial charge in [0, 0.05) is 24.0 Å². The molecule has 27 heavy (non-hydrogen) atoms. The number of methoxy groups -OCH3 is 2. The Hall–Kier alpha value is -2.62. The summed E-state index contributed by atoms with van der Waals surface area (Å²) in [5.74, 6) is 1.87. The van der Waals surface area contributed by atoms with E-state index in [4.69, 9.17) is 9.47 Å². The topological polar surface area (TPSA) is 52.6 Å². The third-order valence-electron chi connectivity index (χ3n) is 4.63. The van der Waals surface area contributed by atoms with E-state index in [1.807, 2.05) is 48.5 Å². The van der Waals surface area contributed by atoms with E-state index in [1.165, 1.54) is 0 Å². The van der Waals surface area contributed by atoms with E-state index in [9.17, 15) is 9.59 Å². The zero-order valence-electron chi connectivity index (χ0n) is 16.2. The Morgan fingerprint density at radius 1 is 0.593 bits per heavy atom. The molecule has 0 N–H and O–H groups in total. The Balaban J connectivity index is 1.57. The van der Waals surface area contributed by atoms with Gasteiger partial charge in [-0.2, -0.15) is 0 Å². The molecule has 144 valence electrons. The molecule has 0 heterocycles. The molecule has 0 aliphatic heterocycles. The maximum Gasteiger partial charge on any atom is 0.162 e. The summed E-state index contributed by atoms with van der Waals surface area (Å²) in [6.45, 7) is 0. The monoisotopic (exact) mass is 368 g/mol. The smallest absolute Gasteiger partial charge is 0.162 e. The molecular formula is C23H28O4. The van der Waals surface area contributed by atoms with Gasteiger partial charge in [0.2, 0.25) is 0 Å². The molecule has 0 atom stereocenters. The predicted molar refractivity (Wildman–Crippen MR) is 107 cm³/mol. The van der Waals surface area contributed by atoms with Crippen molar-refractivity contribution >= 4 is 11.6 Å². The lowest BCUT2D eigenvalue weighted by molar-refractivity contribution is 0.0973. The number of carbonyl (C=O) groups is 2. The summed E-state index contributed by atoms with van der Waals surface area (Å²) in [4.78, 5) is 24.3. The second-order valence-corrected chi connectivity index (χ2v) is 6.57.